The summed E-state index contributed by atoms with van der Waals surface area (Å²) in [4.78, 5) is 23.2. The molecule has 0 aliphatic heterocycles. The van der Waals surface area contributed by atoms with Gasteiger partial charge in [0.05, 0.1) is 0 Å². The summed E-state index contributed by atoms with van der Waals surface area (Å²) in [6.45, 7) is 4.21. The number of halogens is 1. The van der Waals surface area contributed by atoms with E-state index in [2.05, 4.69) is 20.6 Å². The fourth-order valence-electron chi connectivity index (χ4n) is 3.65. The molecular weight excluding hydrogens is 369 g/mol. The smallest absolute Gasteiger partial charge is 0.251 e. The molecule has 0 saturated heterocycles. The minimum Gasteiger partial charge on any atom is -0.367 e. The number of rotatable bonds is 6. The van der Waals surface area contributed by atoms with Gasteiger partial charge in [0.15, 0.2) is 0 Å². The van der Waals surface area contributed by atoms with Crippen molar-refractivity contribution in [2.45, 2.75) is 45.6 Å². The summed E-state index contributed by atoms with van der Waals surface area (Å²) in [7, 11) is 3.94. The minimum atomic E-state index is -0.346. The molecular formula is C22H30FN5O. The molecule has 3 rings (SSSR count). The van der Waals surface area contributed by atoms with Crippen LogP contribution in [0.5, 0.6) is 0 Å². The second-order valence-corrected chi connectivity index (χ2v) is 8.09. The van der Waals surface area contributed by atoms with Crippen LogP contribution in [-0.2, 0) is 0 Å². The SMILES string of the molecule is Cc1nc(N[C@H]2CC[C@@H](CNC(=O)c3ccc(C)c(F)c3)CC2)cc(N(C)C)n1. The highest BCUT2D eigenvalue weighted by Crippen LogP contribution is 2.26. The van der Waals surface area contributed by atoms with Crippen LogP contribution in [0.25, 0.3) is 0 Å². The maximum atomic E-state index is 13.7. The average Bonchev–Trinajstić information content (AvgIpc) is 2.69. The van der Waals surface area contributed by atoms with E-state index in [4.69, 9.17) is 0 Å². The highest BCUT2D eigenvalue weighted by Gasteiger charge is 2.22. The molecule has 7 heteroatoms. The van der Waals surface area contributed by atoms with Crippen LogP contribution in [0.3, 0.4) is 0 Å². The Morgan fingerprint density at radius 1 is 1.14 bits per heavy atom. The molecule has 0 atom stereocenters. The lowest BCUT2D eigenvalue weighted by Crippen LogP contribution is -2.34. The number of aromatic nitrogens is 2. The first kappa shape index (κ1) is 21.0. The Balaban J connectivity index is 1.47. The molecule has 2 N–H and O–H groups in total. The number of nitrogens with zero attached hydrogens (tertiary/aromatic N) is 3. The fourth-order valence-corrected chi connectivity index (χ4v) is 3.65. The number of aryl methyl sites for hydroxylation is 2. The Morgan fingerprint density at radius 2 is 1.86 bits per heavy atom. The van der Waals surface area contributed by atoms with E-state index in [9.17, 15) is 9.18 Å². The molecule has 6 nitrogen and oxygen atoms in total. The molecule has 1 heterocycles. The molecule has 0 unspecified atom stereocenters. The summed E-state index contributed by atoms with van der Waals surface area (Å²) in [6, 6.07) is 6.95. The first-order chi connectivity index (χ1) is 13.8. The topological polar surface area (TPSA) is 70.2 Å². The number of amides is 1. The summed E-state index contributed by atoms with van der Waals surface area (Å²) in [5.74, 6) is 2.39. The Labute approximate surface area is 171 Å². The number of carbonyl (C=O) groups is 1. The van der Waals surface area contributed by atoms with E-state index in [0.29, 0.717) is 29.6 Å². The van der Waals surface area contributed by atoms with Crippen LogP contribution >= 0.6 is 0 Å². The molecule has 156 valence electrons. The zero-order chi connectivity index (χ0) is 21.0. The number of nitrogens with one attached hydrogen (secondary N) is 2. The molecule has 0 radical (unpaired) electrons. The minimum absolute atomic E-state index is 0.211. The van der Waals surface area contributed by atoms with Crippen molar-refractivity contribution in [2.24, 2.45) is 5.92 Å². The zero-order valence-corrected chi connectivity index (χ0v) is 17.6. The van der Waals surface area contributed by atoms with Crippen LogP contribution in [0, 0.1) is 25.6 Å². The third kappa shape index (κ3) is 5.65. The Morgan fingerprint density at radius 3 is 2.52 bits per heavy atom. The maximum absolute atomic E-state index is 13.7. The molecule has 1 saturated carbocycles. The van der Waals surface area contributed by atoms with Gasteiger partial charge in [-0.25, -0.2) is 14.4 Å². The molecule has 0 spiro atoms. The van der Waals surface area contributed by atoms with Gasteiger partial charge < -0.3 is 15.5 Å². The summed E-state index contributed by atoms with van der Waals surface area (Å²) in [5.41, 5.74) is 0.920. The van der Waals surface area contributed by atoms with Gasteiger partial charge >= 0.3 is 0 Å². The summed E-state index contributed by atoms with van der Waals surface area (Å²) in [6.07, 6.45) is 4.12. The largest absolute Gasteiger partial charge is 0.367 e. The van der Waals surface area contributed by atoms with E-state index >= 15 is 0 Å². The van der Waals surface area contributed by atoms with E-state index in [1.807, 2.05) is 32.0 Å². The van der Waals surface area contributed by atoms with Crippen LogP contribution in [0.15, 0.2) is 24.3 Å². The molecule has 1 fully saturated rings. The van der Waals surface area contributed by atoms with Crippen molar-refractivity contribution in [3.63, 3.8) is 0 Å². The molecule has 1 aromatic heterocycles. The van der Waals surface area contributed by atoms with Crippen molar-refractivity contribution in [3.8, 4) is 0 Å². The zero-order valence-electron chi connectivity index (χ0n) is 17.6. The first-order valence-electron chi connectivity index (χ1n) is 10.2. The predicted molar refractivity (Wildman–Crippen MR) is 114 cm³/mol. The standard InChI is InChI=1S/C22H30FN5O/c1-14-5-8-17(11-19(14)23)22(29)24-13-16-6-9-18(10-7-16)27-20-12-21(28(3)4)26-15(2)25-20/h5,8,11-12,16,18H,6-7,9-10,13H2,1-4H3,(H,24,29)(H,25,26,27)/t16-,18+. The van der Waals surface area contributed by atoms with E-state index < -0.39 is 0 Å². The third-order valence-electron chi connectivity index (χ3n) is 5.47. The van der Waals surface area contributed by atoms with E-state index in [1.54, 1.807) is 19.1 Å². The van der Waals surface area contributed by atoms with Crippen molar-refractivity contribution in [2.75, 3.05) is 30.9 Å². The predicted octanol–water partition coefficient (Wildman–Crippen LogP) is 3.70. The molecule has 29 heavy (non-hydrogen) atoms. The van der Waals surface area contributed by atoms with Gasteiger partial charge in [0.1, 0.15) is 23.3 Å². The molecule has 1 amide bonds. The van der Waals surface area contributed by atoms with Gasteiger partial charge in [-0.15, -0.1) is 0 Å². The van der Waals surface area contributed by atoms with E-state index in [1.165, 1.54) is 6.07 Å². The summed E-state index contributed by atoms with van der Waals surface area (Å²) in [5, 5.41) is 6.49. The van der Waals surface area contributed by atoms with E-state index in [-0.39, 0.29) is 11.7 Å². The summed E-state index contributed by atoms with van der Waals surface area (Å²) >= 11 is 0. The third-order valence-corrected chi connectivity index (χ3v) is 5.47. The highest BCUT2D eigenvalue weighted by molar-refractivity contribution is 5.94. The Bertz CT molecular complexity index is 862. The Kier molecular flexibility index (Phi) is 6.67. The lowest BCUT2D eigenvalue weighted by molar-refractivity contribution is 0.0943. The normalized spacial score (nSPS) is 18.9. The van der Waals surface area contributed by atoms with Gasteiger partial charge in [0, 0.05) is 38.3 Å². The lowest BCUT2D eigenvalue weighted by Gasteiger charge is -2.29. The quantitative estimate of drug-likeness (QED) is 0.775. The van der Waals surface area contributed by atoms with Gasteiger partial charge in [-0.3, -0.25) is 4.79 Å². The van der Waals surface area contributed by atoms with Crippen molar-refractivity contribution in [1.82, 2.24) is 15.3 Å². The number of anilines is 2. The Hall–Kier alpha value is -2.70. The van der Waals surface area contributed by atoms with Gasteiger partial charge in [-0.1, -0.05) is 6.07 Å². The van der Waals surface area contributed by atoms with Crippen molar-refractivity contribution in [3.05, 3.63) is 47.0 Å². The van der Waals surface area contributed by atoms with Crippen molar-refractivity contribution in [1.29, 1.82) is 0 Å². The van der Waals surface area contributed by atoms with Gasteiger partial charge in [0.25, 0.3) is 5.91 Å². The number of hydrogen-bond acceptors (Lipinski definition) is 5. The fraction of sp³-hybridized carbons (Fsp3) is 0.500. The molecule has 2 aromatic rings. The summed E-state index contributed by atoms with van der Waals surface area (Å²) < 4.78 is 13.7. The van der Waals surface area contributed by atoms with Gasteiger partial charge in [0.2, 0.25) is 0 Å². The monoisotopic (exact) mass is 399 g/mol. The second-order valence-electron chi connectivity index (χ2n) is 8.09. The highest BCUT2D eigenvalue weighted by atomic mass is 19.1. The average molecular weight is 400 g/mol. The van der Waals surface area contributed by atoms with E-state index in [0.717, 1.165) is 43.1 Å². The first-order valence-corrected chi connectivity index (χ1v) is 10.2. The van der Waals surface area contributed by atoms with Crippen LogP contribution < -0.4 is 15.5 Å². The lowest BCUT2D eigenvalue weighted by atomic mass is 9.86. The van der Waals surface area contributed by atoms with Gasteiger partial charge in [-0.05, 0) is 63.1 Å². The van der Waals surface area contributed by atoms with Crippen LogP contribution in [0.1, 0.15) is 47.4 Å². The van der Waals surface area contributed by atoms with Crippen LogP contribution in [-0.4, -0.2) is 42.6 Å². The molecule has 0 bridgehead atoms. The second kappa shape index (κ2) is 9.20. The van der Waals surface area contributed by atoms with Crippen LogP contribution in [0.4, 0.5) is 16.0 Å². The maximum Gasteiger partial charge on any atom is 0.251 e. The molecule has 1 aliphatic carbocycles. The number of carbonyl (C=O) groups excluding carboxylic acids is 1. The van der Waals surface area contributed by atoms with Gasteiger partial charge in [-0.2, -0.15) is 0 Å². The van der Waals surface area contributed by atoms with Crippen LogP contribution in [0.2, 0.25) is 0 Å². The number of benzene rings is 1. The molecule has 1 aliphatic rings. The van der Waals surface area contributed by atoms with Crippen molar-refractivity contribution < 1.29 is 9.18 Å². The molecule has 1 aromatic carbocycles. The van der Waals surface area contributed by atoms with Crippen molar-refractivity contribution >= 4 is 17.5 Å². The number of hydrogen-bond donors (Lipinski definition) is 2.